The van der Waals surface area contributed by atoms with Crippen molar-refractivity contribution in [2.45, 2.75) is 63.4 Å². The van der Waals surface area contributed by atoms with Crippen molar-refractivity contribution in [2.24, 2.45) is 0 Å². The number of carbonyl (C=O) groups excluding carboxylic acids is 1. The van der Waals surface area contributed by atoms with Gasteiger partial charge in [0.2, 0.25) is 0 Å². The molecule has 0 radical (unpaired) electrons. The smallest absolute Gasteiger partial charge is 0.422 e. The Morgan fingerprint density at radius 3 is 2.26 bits per heavy atom. The summed E-state index contributed by atoms with van der Waals surface area (Å²) in [6, 6.07) is 6.98. The molecule has 0 N–H and O–H groups in total. The summed E-state index contributed by atoms with van der Waals surface area (Å²) in [6.07, 6.45) is -6.47. The molecule has 10 heteroatoms. The van der Waals surface area contributed by atoms with Crippen molar-refractivity contribution in [3.8, 4) is 16.9 Å². The van der Waals surface area contributed by atoms with E-state index in [-0.39, 0.29) is 33.8 Å². The average molecular weight is 509 g/mol. The predicted octanol–water partition coefficient (Wildman–Crippen LogP) is 7.95. The molecule has 3 rings (SSSR count). The number of alkyl halides is 6. The molecule has 34 heavy (non-hydrogen) atoms. The second-order valence-electron chi connectivity index (χ2n) is 8.17. The third-order valence-corrected chi connectivity index (χ3v) is 5.91. The molecule has 0 bridgehead atoms. The second kappa shape index (κ2) is 10.5. The first-order chi connectivity index (χ1) is 15.9. The second-order valence-corrected chi connectivity index (χ2v) is 8.58. The normalized spacial score (nSPS) is 18.4. The summed E-state index contributed by atoms with van der Waals surface area (Å²) in [5, 5.41) is -0.111. The first-order valence-corrected chi connectivity index (χ1v) is 11.2. The summed E-state index contributed by atoms with van der Waals surface area (Å²) in [4.78, 5) is 12.0. The van der Waals surface area contributed by atoms with Gasteiger partial charge in [-0.3, -0.25) is 4.79 Å². The lowest BCUT2D eigenvalue weighted by Gasteiger charge is -2.36. The van der Waals surface area contributed by atoms with Gasteiger partial charge in [-0.25, -0.2) is 0 Å². The molecule has 2 aromatic rings. The van der Waals surface area contributed by atoms with Gasteiger partial charge < -0.3 is 9.47 Å². The summed E-state index contributed by atoms with van der Waals surface area (Å²) in [5.41, 5.74) is 0.0567. The lowest BCUT2D eigenvalue weighted by atomic mass is 9.76. The SMILES string of the molecule is CCCCC(=O)OC1CCC1c1cc(Cl)c(OCC(F)(F)F)c(-c2ccc(C(F)(F)F)cc2)c1. The van der Waals surface area contributed by atoms with E-state index in [1.807, 2.05) is 6.92 Å². The molecule has 2 unspecified atom stereocenters. The van der Waals surface area contributed by atoms with Crippen LogP contribution in [0.3, 0.4) is 0 Å². The van der Waals surface area contributed by atoms with Crippen LogP contribution >= 0.6 is 11.6 Å². The number of esters is 1. The maximum absolute atomic E-state index is 13.0. The Kier molecular flexibility index (Phi) is 8.06. The van der Waals surface area contributed by atoms with Crippen LogP contribution in [0.5, 0.6) is 5.75 Å². The van der Waals surface area contributed by atoms with Gasteiger partial charge in [-0.2, -0.15) is 26.3 Å². The third-order valence-electron chi connectivity index (χ3n) is 5.63. The number of hydrogen-bond donors (Lipinski definition) is 0. The van der Waals surface area contributed by atoms with E-state index in [0.717, 1.165) is 30.7 Å². The van der Waals surface area contributed by atoms with Crippen LogP contribution in [0.15, 0.2) is 36.4 Å². The van der Waals surface area contributed by atoms with Gasteiger partial charge in [-0.05, 0) is 54.7 Å². The van der Waals surface area contributed by atoms with E-state index in [1.165, 1.54) is 12.1 Å². The van der Waals surface area contributed by atoms with E-state index in [4.69, 9.17) is 21.1 Å². The molecule has 186 valence electrons. The number of ether oxygens (including phenoxy) is 2. The van der Waals surface area contributed by atoms with E-state index in [0.29, 0.717) is 31.2 Å². The van der Waals surface area contributed by atoms with Crippen LogP contribution in [0.2, 0.25) is 5.02 Å². The topological polar surface area (TPSA) is 35.5 Å². The molecule has 0 aromatic heterocycles. The standard InChI is InChI=1S/C24H23ClF6O3/c1-2-3-4-21(32)34-20-10-9-17(20)15-11-18(14-5-7-16(8-6-14)24(29,30)31)22(19(25)12-15)33-13-23(26,27)28/h5-8,11-12,17,20H,2-4,9-10,13H2,1H3. The van der Waals surface area contributed by atoms with Crippen molar-refractivity contribution in [3.05, 3.63) is 52.5 Å². The molecule has 0 saturated heterocycles. The molecule has 1 saturated carbocycles. The van der Waals surface area contributed by atoms with Crippen LogP contribution in [0.4, 0.5) is 26.3 Å². The Labute approximate surface area is 198 Å². The zero-order chi connectivity index (χ0) is 25.1. The fourth-order valence-electron chi connectivity index (χ4n) is 3.72. The van der Waals surface area contributed by atoms with Crippen molar-refractivity contribution in [2.75, 3.05) is 6.61 Å². The van der Waals surface area contributed by atoms with Crippen molar-refractivity contribution >= 4 is 17.6 Å². The molecule has 1 aliphatic carbocycles. The van der Waals surface area contributed by atoms with Crippen LogP contribution in [-0.2, 0) is 15.7 Å². The Balaban J connectivity index is 1.94. The molecule has 2 aromatic carbocycles. The Morgan fingerprint density at radius 1 is 1.06 bits per heavy atom. The number of unbranched alkanes of at least 4 members (excludes halogenated alkanes) is 1. The molecule has 0 heterocycles. The molecule has 1 fully saturated rings. The summed E-state index contributed by atoms with van der Waals surface area (Å²) < 4.78 is 87.7. The highest BCUT2D eigenvalue weighted by Crippen LogP contribution is 2.46. The zero-order valence-corrected chi connectivity index (χ0v) is 19.0. The van der Waals surface area contributed by atoms with Crippen molar-refractivity contribution < 1.29 is 40.6 Å². The predicted molar refractivity (Wildman–Crippen MR) is 115 cm³/mol. The Hall–Kier alpha value is -2.42. The number of halogens is 7. The molecule has 0 amide bonds. The lowest BCUT2D eigenvalue weighted by Crippen LogP contribution is -2.34. The quantitative estimate of drug-likeness (QED) is 0.268. The minimum atomic E-state index is -4.63. The first kappa shape index (κ1) is 26.2. The largest absolute Gasteiger partial charge is 0.482 e. The van der Waals surface area contributed by atoms with E-state index >= 15 is 0 Å². The van der Waals surface area contributed by atoms with Crippen molar-refractivity contribution in [1.82, 2.24) is 0 Å². The molecular formula is C24H23ClF6O3. The first-order valence-electron chi connectivity index (χ1n) is 10.8. The van der Waals surface area contributed by atoms with Gasteiger partial charge in [0, 0.05) is 17.9 Å². The Bertz CT molecular complexity index is 1000. The number of carbonyl (C=O) groups is 1. The van der Waals surface area contributed by atoms with Gasteiger partial charge in [0.1, 0.15) is 11.9 Å². The number of hydrogen-bond acceptors (Lipinski definition) is 3. The Morgan fingerprint density at radius 2 is 1.74 bits per heavy atom. The molecule has 0 spiro atoms. The number of rotatable bonds is 8. The fraction of sp³-hybridized carbons (Fsp3) is 0.458. The van der Waals surface area contributed by atoms with E-state index in [9.17, 15) is 31.1 Å². The van der Waals surface area contributed by atoms with Gasteiger partial charge >= 0.3 is 18.3 Å². The molecule has 0 aliphatic heterocycles. The maximum Gasteiger partial charge on any atom is 0.422 e. The van der Waals surface area contributed by atoms with E-state index < -0.39 is 30.6 Å². The molecular weight excluding hydrogens is 486 g/mol. The fourth-order valence-corrected chi connectivity index (χ4v) is 4.01. The van der Waals surface area contributed by atoms with Gasteiger partial charge in [0.05, 0.1) is 10.6 Å². The van der Waals surface area contributed by atoms with Crippen LogP contribution in [0, 0.1) is 0 Å². The van der Waals surface area contributed by atoms with Gasteiger partial charge in [-0.15, -0.1) is 0 Å². The van der Waals surface area contributed by atoms with Crippen LogP contribution in [0.25, 0.3) is 11.1 Å². The molecule has 1 aliphatic rings. The minimum Gasteiger partial charge on any atom is -0.482 e. The average Bonchev–Trinajstić information content (AvgIpc) is 2.73. The molecule has 2 atom stereocenters. The third kappa shape index (κ3) is 6.58. The minimum absolute atomic E-state index is 0.111. The van der Waals surface area contributed by atoms with Crippen molar-refractivity contribution in [1.29, 1.82) is 0 Å². The summed E-state index contributed by atoms with van der Waals surface area (Å²) in [6.45, 7) is 0.341. The molecule has 3 nitrogen and oxygen atoms in total. The van der Waals surface area contributed by atoms with Crippen LogP contribution in [-0.4, -0.2) is 24.9 Å². The number of benzene rings is 2. The summed E-state index contributed by atoms with van der Waals surface area (Å²) >= 11 is 6.28. The van der Waals surface area contributed by atoms with Crippen LogP contribution < -0.4 is 4.74 Å². The summed E-state index contributed by atoms with van der Waals surface area (Å²) in [5.74, 6) is -0.831. The van der Waals surface area contributed by atoms with Crippen LogP contribution in [0.1, 0.15) is 56.1 Å². The lowest BCUT2D eigenvalue weighted by molar-refractivity contribution is -0.155. The van der Waals surface area contributed by atoms with Gasteiger partial charge in [0.15, 0.2) is 6.61 Å². The van der Waals surface area contributed by atoms with Gasteiger partial charge in [0.25, 0.3) is 0 Å². The van der Waals surface area contributed by atoms with E-state index in [2.05, 4.69) is 0 Å². The maximum atomic E-state index is 13.0. The highest BCUT2D eigenvalue weighted by molar-refractivity contribution is 6.32. The van der Waals surface area contributed by atoms with Crippen molar-refractivity contribution in [3.63, 3.8) is 0 Å². The van der Waals surface area contributed by atoms with Gasteiger partial charge in [-0.1, -0.05) is 37.1 Å². The monoisotopic (exact) mass is 508 g/mol. The highest BCUT2D eigenvalue weighted by Gasteiger charge is 2.37. The summed E-state index contributed by atoms with van der Waals surface area (Å²) in [7, 11) is 0. The zero-order valence-electron chi connectivity index (χ0n) is 18.2. The highest BCUT2D eigenvalue weighted by atomic mass is 35.5. The van der Waals surface area contributed by atoms with E-state index in [1.54, 1.807) is 0 Å².